The number of esters is 1. The van der Waals surface area contributed by atoms with Crippen LogP contribution in [0.3, 0.4) is 0 Å². The molecule has 0 aliphatic rings. The fourth-order valence-electron chi connectivity index (χ4n) is 2.27. The minimum Gasteiger partial charge on any atom is -0.496 e. The number of halogens is 2. The third kappa shape index (κ3) is 5.08. The van der Waals surface area contributed by atoms with Crippen LogP contribution < -0.4 is 15.4 Å². The van der Waals surface area contributed by atoms with E-state index in [1.165, 1.54) is 38.5 Å². The van der Waals surface area contributed by atoms with Crippen LogP contribution >= 0.6 is 11.6 Å². The average molecular weight is 397 g/mol. The number of aliphatic hydroxyl groups excluding tert-OH is 1. The summed E-state index contributed by atoms with van der Waals surface area (Å²) in [5, 5.41) is 14.2. The van der Waals surface area contributed by atoms with Gasteiger partial charge in [0, 0.05) is 18.2 Å². The summed E-state index contributed by atoms with van der Waals surface area (Å²) in [5.74, 6) is -0.996. The Hall–Kier alpha value is -2.84. The maximum Gasteiger partial charge on any atom is 0.341 e. The molecule has 0 saturated heterocycles. The molecule has 3 N–H and O–H groups in total. The zero-order chi connectivity index (χ0) is 20.0. The molecule has 0 bridgehead atoms. The molecule has 0 aliphatic heterocycles. The van der Waals surface area contributed by atoms with Crippen molar-refractivity contribution in [3.8, 4) is 5.75 Å². The van der Waals surface area contributed by atoms with Crippen molar-refractivity contribution < 1.29 is 28.6 Å². The molecule has 0 unspecified atom stereocenters. The largest absolute Gasteiger partial charge is 0.496 e. The summed E-state index contributed by atoms with van der Waals surface area (Å²) in [5.41, 5.74) is 1.04. The monoisotopic (exact) mass is 396 g/mol. The lowest BCUT2D eigenvalue weighted by Crippen LogP contribution is -2.28. The highest BCUT2D eigenvalue weighted by Gasteiger charge is 2.17. The van der Waals surface area contributed by atoms with E-state index in [2.05, 4.69) is 15.4 Å². The van der Waals surface area contributed by atoms with Gasteiger partial charge in [-0.25, -0.2) is 14.0 Å². The summed E-state index contributed by atoms with van der Waals surface area (Å²) < 4.78 is 23.4. The maximum absolute atomic E-state index is 13.6. The van der Waals surface area contributed by atoms with E-state index in [1.54, 1.807) is 6.07 Å². The van der Waals surface area contributed by atoms with Crippen molar-refractivity contribution in [2.45, 2.75) is 13.2 Å². The van der Waals surface area contributed by atoms with Gasteiger partial charge >= 0.3 is 12.0 Å². The Morgan fingerprint density at radius 2 is 1.96 bits per heavy atom. The summed E-state index contributed by atoms with van der Waals surface area (Å²) in [6, 6.07) is 6.39. The van der Waals surface area contributed by atoms with Crippen LogP contribution in [0.15, 0.2) is 30.3 Å². The van der Waals surface area contributed by atoms with Crippen LogP contribution in [-0.4, -0.2) is 31.3 Å². The topological polar surface area (TPSA) is 96.9 Å². The first kappa shape index (κ1) is 20.5. The van der Waals surface area contributed by atoms with Gasteiger partial charge in [0.25, 0.3) is 0 Å². The smallest absolute Gasteiger partial charge is 0.341 e. The quantitative estimate of drug-likeness (QED) is 0.652. The molecule has 7 nitrogen and oxygen atoms in total. The van der Waals surface area contributed by atoms with Crippen molar-refractivity contribution in [2.75, 3.05) is 19.5 Å². The van der Waals surface area contributed by atoms with Gasteiger partial charge in [0.1, 0.15) is 17.1 Å². The number of carbonyl (C=O) groups is 2. The Morgan fingerprint density at radius 3 is 2.56 bits per heavy atom. The van der Waals surface area contributed by atoms with Gasteiger partial charge in [-0.1, -0.05) is 23.7 Å². The molecular formula is C18H18ClFN2O5. The zero-order valence-electron chi connectivity index (χ0n) is 14.6. The van der Waals surface area contributed by atoms with Gasteiger partial charge in [-0.05, 0) is 17.7 Å². The molecule has 0 aromatic heterocycles. The number of anilines is 1. The number of nitrogens with one attached hydrogen (secondary N) is 2. The highest BCUT2D eigenvalue weighted by molar-refractivity contribution is 6.34. The Morgan fingerprint density at radius 1 is 1.22 bits per heavy atom. The summed E-state index contributed by atoms with van der Waals surface area (Å²) in [4.78, 5) is 23.8. The zero-order valence-corrected chi connectivity index (χ0v) is 15.4. The summed E-state index contributed by atoms with van der Waals surface area (Å²) >= 11 is 6.10. The van der Waals surface area contributed by atoms with Crippen LogP contribution in [0.2, 0.25) is 5.02 Å². The Kier molecular flexibility index (Phi) is 6.98. The first-order valence-electron chi connectivity index (χ1n) is 7.78. The Balaban J connectivity index is 2.07. The van der Waals surface area contributed by atoms with E-state index in [0.29, 0.717) is 5.56 Å². The van der Waals surface area contributed by atoms with E-state index in [-0.39, 0.29) is 34.1 Å². The number of hydrogen-bond acceptors (Lipinski definition) is 5. The molecule has 0 saturated carbocycles. The van der Waals surface area contributed by atoms with E-state index >= 15 is 0 Å². The van der Waals surface area contributed by atoms with E-state index < -0.39 is 24.4 Å². The van der Waals surface area contributed by atoms with Gasteiger partial charge in [-0.2, -0.15) is 0 Å². The number of benzene rings is 2. The average Bonchev–Trinajstić information content (AvgIpc) is 2.67. The van der Waals surface area contributed by atoms with Crippen molar-refractivity contribution in [3.05, 3.63) is 57.9 Å². The standard InChI is InChI=1S/C18H18ClFN2O5/c1-26-16-7-15(13(19)6-12(16)17(24)27-2)22-18(25)21-8-10-3-4-11(9-23)14(20)5-10/h3-7,23H,8-9H2,1-2H3,(H2,21,22,25). The predicted molar refractivity (Wildman–Crippen MR) is 97.5 cm³/mol. The van der Waals surface area contributed by atoms with Gasteiger partial charge in [0.15, 0.2) is 0 Å². The molecule has 0 fully saturated rings. The number of amides is 2. The summed E-state index contributed by atoms with van der Waals surface area (Å²) in [7, 11) is 2.59. The second kappa shape index (κ2) is 9.20. The van der Waals surface area contributed by atoms with Crippen LogP contribution in [0.1, 0.15) is 21.5 Å². The number of ether oxygens (including phenoxy) is 2. The molecule has 2 aromatic rings. The van der Waals surface area contributed by atoms with Gasteiger partial charge in [-0.15, -0.1) is 0 Å². The molecule has 0 radical (unpaired) electrons. The Labute approximate surface area is 160 Å². The number of urea groups is 1. The fraction of sp³-hybridized carbons (Fsp3) is 0.222. The molecule has 0 atom stereocenters. The predicted octanol–water partition coefficient (Wildman–Crippen LogP) is 3.09. The van der Waals surface area contributed by atoms with Crippen molar-refractivity contribution in [3.63, 3.8) is 0 Å². The molecular weight excluding hydrogens is 379 g/mol. The number of methoxy groups -OCH3 is 2. The van der Waals surface area contributed by atoms with Crippen LogP contribution in [0.25, 0.3) is 0 Å². The summed E-state index contributed by atoms with van der Waals surface area (Å²) in [6.45, 7) is -0.342. The number of aliphatic hydroxyl groups is 1. The number of carbonyl (C=O) groups excluding carboxylic acids is 2. The van der Waals surface area contributed by atoms with Crippen molar-refractivity contribution in [2.24, 2.45) is 0 Å². The molecule has 2 aromatic carbocycles. The van der Waals surface area contributed by atoms with E-state index in [1.807, 2.05) is 0 Å². The first-order valence-corrected chi connectivity index (χ1v) is 8.16. The van der Waals surface area contributed by atoms with Crippen molar-refractivity contribution >= 4 is 29.3 Å². The minimum atomic E-state index is -0.627. The van der Waals surface area contributed by atoms with Gasteiger partial charge in [-0.3, -0.25) is 0 Å². The Bertz CT molecular complexity index is 860. The lowest BCUT2D eigenvalue weighted by Gasteiger charge is -2.13. The van der Waals surface area contributed by atoms with Gasteiger partial charge in [0.05, 0.1) is 31.5 Å². The van der Waals surface area contributed by atoms with Crippen LogP contribution in [0.4, 0.5) is 14.9 Å². The molecule has 2 rings (SSSR count). The molecule has 0 heterocycles. The number of rotatable bonds is 6. The van der Waals surface area contributed by atoms with E-state index in [9.17, 15) is 14.0 Å². The lowest BCUT2D eigenvalue weighted by atomic mass is 10.1. The van der Waals surface area contributed by atoms with Crippen LogP contribution in [0, 0.1) is 5.82 Å². The van der Waals surface area contributed by atoms with E-state index in [4.69, 9.17) is 21.4 Å². The normalized spacial score (nSPS) is 10.3. The fourth-order valence-corrected chi connectivity index (χ4v) is 2.48. The third-order valence-electron chi connectivity index (χ3n) is 3.68. The lowest BCUT2D eigenvalue weighted by molar-refractivity contribution is 0.0597. The SMILES string of the molecule is COC(=O)c1cc(Cl)c(NC(=O)NCc2ccc(CO)c(F)c2)cc1OC. The second-order valence-corrected chi connectivity index (χ2v) is 5.82. The van der Waals surface area contributed by atoms with Crippen molar-refractivity contribution in [1.29, 1.82) is 0 Å². The second-order valence-electron chi connectivity index (χ2n) is 5.42. The summed E-state index contributed by atoms with van der Waals surface area (Å²) in [6.07, 6.45) is 0. The number of hydrogen-bond donors (Lipinski definition) is 3. The molecule has 144 valence electrons. The minimum absolute atomic E-state index is 0.0590. The van der Waals surface area contributed by atoms with Gasteiger partial charge < -0.3 is 25.2 Å². The van der Waals surface area contributed by atoms with Crippen LogP contribution in [0.5, 0.6) is 5.75 Å². The first-order chi connectivity index (χ1) is 12.9. The molecule has 0 aliphatic carbocycles. The molecule has 27 heavy (non-hydrogen) atoms. The third-order valence-corrected chi connectivity index (χ3v) is 4.00. The maximum atomic E-state index is 13.6. The molecule has 0 spiro atoms. The highest BCUT2D eigenvalue weighted by Crippen LogP contribution is 2.31. The molecule has 9 heteroatoms. The van der Waals surface area contributed by atoms with Gasteiger partial charge in [0.2, 0.25) is 0 Å². The highest BCUT2D eigenvalue weighted by atomic mass is 35.5. The molecule has 2 amide bonds. The van der Waals surface area contributed by atoms with E-state index in [0.717, 1.165) is 0 Å². The van der Waals surface area contributed by atoms with Crippen molar-refractivity contribution in [1.82, 2.24) is 5.32 Å². The van der Waals surface area contributed by atoms with Crippen LogP contribution in [-0.2, 0) is 17.9 Å².